The molecule has 4 aromatic rings. The van der Waals surface area contributed by atoms with Crippen molar-refractivity contribution in [3.63, 3.8) is 0 Å². The van der Waals surface area contributed by atoms with Crippen LogP contribution in [0.3, 0.4) is 0 Å². The zero-order valence-electron chi connectivity index (χ0n) is 16.8. The van der Waals surface area contributed by atoms with E-state index in [1.807, 2.05) is 0 Å². The van der Waals surface area contributed by atoms with E-state index in [4.69, 9.17) is 9.84 Å². The number of hydrogen-bond donors (Lipinski definition) is 4. The lowest BCUT2D eigenvalue weighted by Crippen LogP contribution is -2.21. The van der Waals surface area contributed by atoms with Gasteiger partial charge in [-0.1, -0.05) is 6.07 Å². The fraction of sp³-hybridized carbons (Fsp3) is 0.190. The van der Waals surface area contributed by atoms with E-state index in [0.29, 0.717) is 10.6 Å². The molecule has 12 heteroatoms. The van der Waals surface area contributed by atoms with Crippen molar-refractivity contribution in [3.05, 3.63) is 59.1 Å². The highest BCUT2D eigenvalue weighted by atomic mass is 32.1. The normalized spacial score (nSPS) is 12.6. The number of imidazole rings is 1. The van der Waals surface area contributed by atoms with Gasteiger partial charge < -0.3 is 19.9 Å². The summed E-state index contributed by atoms with van der Waals surface area (Å²) in [5, 5.41) is 22.9. The molecular formula is C21H17F3N4O4S. The first-order valence-corrected chi connectivity index (χ1v) is 10.5. The molecule has 172 valence electrons. The summed E-state index contributed by atoms with van der Waals surface area (Å²) in [5.74, 6) is -0.692. The largest absolute Gasteiger partial charge is 0.491 e. The van der Waals surface area contributed by atoms with E-state index in [1.54, 1.807) is 17.5 Å². The third kappa shape index (κ3) is 4.97. The van der Waals surface area contributed by atoms with Crippen LogP contribution >= 0.6 is 11.3 Å². The second-order valence-electron chi connectivity index (χ2n) is 6.93. The summed E-state index contributed by atoms with van der Waals surface area (Å²) in [6, 6.07) is 8.00. The van der Waals surface area contributed by atoms with Crippen molar-refractivity contribution in [2.45, 2.75) is 12.3 Å². The number of nitrogens with one attached hydrogen (secondary N) is 2. The van der Waals surface area contributed by atoms with Gasteiger partial charge in [-0.25, -0.2) is 9.97 Å². The van der Waals surface area contributed by atoms with Gasteiger partial charge in [0.05, 0.1) is 23.3 Å². The van der Waals surface area contributed by atoms with Crippen molar-refractivity contribution in [1.82, 2.24) is 15.0 Å². The van der Waals surface area contributed by atoms with E-state index in [0.717, 1.165) is 6.07 Å². The summed E-state index contributed by atoms with van der Waals surface area (Å²) in [7, 11) is 0. The molecule has 2 aromatic heterocycles. The average molecular weight is 478 g/mol. The number of aliphatic hydroxyl groups is 2. The summed E-state index contributed by atoms with van der Waals surface area (Å²) in [6.07, 6.45) is -4.42. The Labute approximate surface area is 188 Å². The zero-order chi connectivity index (χ0) is 23.6. The molecule has 0 aliphatic rings. The van der Waals surface area contributed by atoms with Crippen LogP contribution in [0.4, 0.5) is 18.3 Å². The van der Waals surface area contributed by atoms with Crippen molar-refractivity contribution in [1.29, 1.82) is 0 Å². The van der Waals surface area contributed by atoms with Gasteiger partial charge in [0.15, 0.2) is 5.13 Å². The number of H-pyrrole nitrogens is 1. The number of aromatic amines is 1. The number of hydrogen-bond acceptors (Lipinski definition) is 7. The molecule has 0 fully saturated rings. The Bertz CT molecular complexity index is 1270. The van der Waals surface area contributed by atoms with Crippen LogP contribution in [-0.2, 0) is 6.18 Å². The molecule has 2 aromatic carbocycles. The molecule has 8 nitrogen and oxygen atoms in total. The number of thiazole rings is 1. The van der Waals surface area contributed by atoms with E-state index in [-0.39, 0.29) is 34.8 Å². The van der Waals surface area contributed by atoms with Gasteiger partial charge in [0.1, 0.15) is 29.8 Å². The van der Waals surface area contributed by atoms with Gasteiger partial charge in [0.25, 0.3) is 5.91 Å². The highest BCUT2D eigenvalue weighted by molar-refractivity contribution is 7.13. The van der Waals surface area contributed by atoms with Crippen LogP contribution in [0.15, 0.2) is 48.0 Å². The van der Waals surface area contributed by atoms with Gasteiger partial charge in [-0.3, -0.25) is 10.1 Å². The molecule has 1 amide bonds. The smallest absolute Gasteiger partial charge is 0.417 e. The highest BCUT2D eigenvalue weighted by Gasteiger charge is 2.35. The van der Waals surface area contributed by atoms with Crippen molar-refractivity contribution < 1.29 is 32.9 Å². The zero-order valence-corrected chi connectivity index (χ0v) is 17.6. The molecule has 0 saturated carbocycles. The number of alkyl halides is 3. The predicted molar refractivity (Wildman–Crippen MR) is 115 cm³/mol. The Morgan fingerprint density at radius 1 is 1.27 bits per heavy atom. The number of carbonyl (C=O) groups excluding carboxylic acids is 1. The molecule has 33 heavy (non-hydrogen) atoms. The molecule has 0 aliphatic heterocycles. The van der Waals surface area contributed by atoms with Gasteiger partial charge in [-0.05, 0) is 30.3 Å². The maximum absolute atomic E-state index is 13.8. The topological polar surface area (TPSA) is 120 Å². The summed E-state index contributed by atoms with van der Waals surface area (Å²) >= 11 is 1.23. The van der Waals surface area contributed by atoms with E-state index in [1.165, 1.54) is 35.7 Å². The van der Waals surface area contributed by atoms with Crippen molar-refractivity contribution in [3.8, 4) is 17.1 Å². The number of ether oxygens (including phenoxy) is 1. The number of aliphatic hydroxyl groups excluding tert-OH is 2. The fourth-order valence-corrected chi connectivity index (χ4v) is 3.62. The molecule has 1 atom stereocenters. The van der Waals surface area contributed by atoms with E-state index >= 15 is 0 Å². The molecule has 0 aliphatic carbocycles. The number of fused-ring (bicyclic) bond motifs is 1. The maximum Gasteiger partial charge on any atom is 0.417 e. The monoisotopic (exact) mass is 478 g/mol. The first-order valence-electron chi connectivity index (χ1n) is 9.59. The van der Waals surface area contributed by atoms with Gasteiger partial charge in [-0.2, -0.15) is 13.2 Å². The fourth-order valence-electron chi connectivity index (χ4n) is 3.09. The predicted octanol–water partition coefficient (Wildman–Crippen LogP) is 3.69. The SMILES string of the molecule is O=C(Nc1nccs1)c1cccc2[nH]c(-c3ccc(OC[C@H](O)CO)cc3C(F)(F)F)nc12. The van der Waals surface area contributed by atoms with Crippen molar-refractivity contribution >= 4 is 33.4 Å². The summed E-state index contributed by atoms with van der Waals surface area (Å²) < 4.78 is 46.5. The molecule has 0 radical (unpaired) electrons. The summed E-state index contributed by atoms with van der Waals surface area (Å²) in [5.41, 5.74) is -0.472. The van der Waals surface area contributed by atoms with Gasteiger partial charge in [0, 0.05) is 17.1 Å². The minimum Gasteiger partial charge on any atom is -0.491 e. The Morgan fingerprint density at radius 3 is 2.79 bits per heavy atom. The third-order valence-electron chi connectivity index (χ3n) is 4.61. The van der Waals surface area contributed by atoms with Crippen LogP contribution in [0.5, 0.6) is 5.75 Å². The number of aromatic nitrogens is 3. The van der Waals surface area contributed by atoms with E-state index < -0.39 is 30.4 Å². The quantitative estimate of drug-likeness (QED) is 0.322. The Kier molecular flexibility index (Phi) is 6.31. The molecule has 0 spiro atoms. The standard InChI is InChI=1S/C21H17F3N4O4S/c22-21(23,24)15-8-12(32-10-11(30)9-29)4-5-13(15)18-26-16-3-1-2-14(17(16)27-18)19(31)28-20-25-6-7-33-20/h1-8,11,29-30H,9-10H2,(H,26,27)(H,25,28,31)/t11-/m1/s1. The number of benzene rings is 2. The average Bonchev–Trinajstić information content (AvgIpc) is 3.46. The molecule has 2 heterocycles. The first kappa shape index (κ1) is 22.7. The highest BCUT2D eigenvalue weighted by Crippen LogP contribution is 2.39. The molecule has 0 saturated heterocycles. The van der Waals surface area contributed by atoms with Gasteiger partial charge in [0.2, 0.25) is 0 Å². The third-order valence-corrected chi connectivity index (χ3v) is 5.30. The van der Waals surface area contributed by atoms with E-state index in [9.17, 15) is 23.1 Å². The number of para-hydroxylation sites is 1. The number of nitrogens with zero attached hydrogens (tertiary/aromatic N) is 2. The van der Waals surface area contributed by atoms with Crippen LogP contribution in [0.1, 0.15) is 15.9 Å². The lowest BCUT2D eigenvalue weighted by Gasteiger charge is -2.15. The first-order chi connectivity index (χ1) is 15.8. The number of anilines is 1. The van der Waals surface area contributed by atoms with Crippen LogP contribution in [0, 0.1) is 0 Å². The van der Waals surface area contributed by atoms with E-state index in [2.05, 4.69) is 20.3 Å². The second kappa shape index (κ2) is 9.17. The van der Waals surface area contributed by atoms with Crippen LogP contribution in [0.25, 0.3) is 22.4 Å². The lowest BCUT2D eigenvalue weighted by atomic mass is 10.1. The maximum atomic E-state index is 13.8. The summed E-state index contributed by atoms with van der Waals surface area (Å²) in [6.45, 7) is -0.947. The lowest BCUT2D eigenvalue weighted by molar-refractivity contribution is -0.137. The number of amides is 1. The van der Waals surface area contributed by atoms with Crippen molar-refractivity contribution in [2.75, 3.05) is 18.5 Å². The molecule has 0 unspecified atom stereocenters. The van der Waals surface area contributed by atoms with Crippen LogP contribution in [-0.4, -0.2) is 50.4 Å². The minimum absolute atomic E-state index is 0.0752. The number of carbonyl (C=O) groups is 1. The van der Waals surface area contributed by atoms with Crippen LogP contribution < -0.4 is 10.1 Å². The number of halogens is 3. The Hall–Kier alpha value is -3.48. The Morgan fingerprint density at radius 2 is 2.09 bits per heavy atom. The molecule has 0 bridgehead atoms. The minimum atomic E-state index is -4.73. The Balaban J connectivity index is 1.71. The molecular weight excluding hydrogens is 461 g/mol. The second-order valence-corrected chi connectivity index (χ2v) is 7.83. The molecule has 4 rings (SSSR count). The van der Waals surface area contributed by atoms with Crippen LogP contribution in [0.2, 0.25) is 0 Å². The molecule has 4 N–H and O–H groups in total. The summed E-state index contributed by atoms with van der Waals surface area (Å²) in [4.78, 5) is 23.8. The number of rotatable bonds is 7. The van der Waals surface area contributed by atoms with Gasteiger partial charge in [-0.15, -0.1) is 11.3 Å². The van der Waals surface area contributed by atoms with Gasteiger partial charge >= 0.3 is 6.18 Å². The van der Waals surface area contributed by atoms with Crippen molar-refractivity contribution in [2.24, 2.45) is 0 Å².